The summed E-state index contributed by atoms with van der Waals surface area (Å²) in [7, 11) is 1.64. The molecule has 166 valence electrons. The minimum Gasteiger partial charge on any atom is -0.495 e. The molecule has 0 aliphatic carbocycles. The van der Waals surface area contributed by atoms with Gasteiger partial charge in [-0.1, -0.05) is 30.3 Å². The molecular weight excluding hydrogens is 408 g/mol. The SMILES string of the molecule is COc1ccccc1N1CCN(C(=O)[C@H](CO)NC(=O)c2cnc3ccccc3c2)CC1. The van der Waals surface area contributed by atoms with Gasteiger partial charge < -0.3 is 25.0 Å². The van der Waals surface area contributed by atoms with Crippen molar-refractivity contribution in [1.82, 2.24) is 15.2 Å². The fourth-order valence-corrected chi connectivity index (χ4v) is 3.90. The van der Waals surface area contributed by atoms with Crippen molar-refractivity contribution in [2.45, 2.75) is 6.04 Å². The van der Waals surface area contributed by atoms with Gasteiger partial charge in [-0.25, -0.2) is 0 Å². The number of ether oxygens (including phenoxy) is 1. The van der Waals surface area contributed by atoms with E-state index in [1.54, 1.807) is 18.1 Å². The molecule has 1 fully saturated rings. The second-order valence-electron chi connectivity index (χ2n) is 7.61. The van der Waals surface area contributed by atoms with E-state index in [1.807, 2.05) is 48.5 Å². The zero-order valence-electron chi connectivity index (χ0n) is 17.9. The highest BCUT2D eigenvalue weighted by Gasteiger charge is 2.29. The minimum absolute atomic E-state index is 0.297. The van der Waals surface area contributed by atoms with Crippen LogP contribution in [-0.4, -0.2) is 72.7 Å². The number of methoxy groups -OCH3 is 1. The molecule has 1 aliphatic rings. The number of rotatable bonds is 6. The molecular formula is C24H26N4O4. The molecule has 0 spiro atoms. The topological polar surface area (TPSA) is 95.0 Å². The van der Waals surface area contributed by atoms with Gasteiger partial charge in [-0.15, -0.1) is 0 Å². The number of aromatic nitrogens is 1. The summed E-state index contributed by atoms with van der Waals surface area (Å²) in [4.78, 5) is 33.8. The lowest BCUT2D eigenvalue weighted by Crippen LogP contribution is -2.56. The Bertz CT molecular complexity index is 1110. The smallest absolute Gasteiger partial charge is 0.253 e. The van der Waals surface area contributed by atoms with Crippen LogP contribution in [0, 0.1) is 0 Å². The van der Waals surface area contributed by atoms with Crippen LogP contribution in [0.4, 0.5) is 5.69 Å². The highest BCUT2D eigenvalue weighted by Crippen LogP contribution is 2.28. The number of fused-ring (bicyclic) bond motifs is 1. The van der Waals surface area contributed by atoms with Crippen LogP contribution >= 0.6 is 0 Å². The Balaban J connectivity index is 1.39. The molecule has 1 atom stereocenters. The van der Waals surface area contributed by atoms with Gasteiger partial charge in [0.1, 0.15) is 11.8 Å². The third-order valence-corrected chi connectivity index (χ3v) is 5.66. The van der Waals surface area contributed by atoms with Crippen LogP contribution in [0.5, 0.6) is 5.75 Å². The minimum atomic E-state index is -1.01. The zero-order chi connectivity index (χ0) is 22.5. The molecule has 0 saturated carbocycles. The van der Waals surface area contributed by atoms with Crippen LogP contribution in [0.2, 0.25) is 0 Å². The van der Waals surface area contributed by atoms with Gasteiger partial charge in [0.05, 0.1) is 30.5 Å². The molecule has 2 N–H and O–H groups in total. The predicted octanol–water partition coefficient (Wildman–Crippen LogP) is 1.68. The number of carbonyl (C=O) groups excluding carboxylic acids is 2. The molecule has 2 amide bonds. The Morgan fingerprint density at radius 1 is 1.09 bits per heavy atom. The van der Waals surface area contributed by atoms with E-state index >= 15 is 0 Å². The first kappa shape index (κ1) is 21.6. The maximum Gasteiger partial charge on any atom is 0.253 e. The van der Waals surface area contributed by atoms with Crippen molar-refractivity contribution in [2.75, 3.05) is 44.8 Å². The maximum atomic E-state index is 13.0. The number of piperazine rings is 1. The Labute approximate surface area is 186 Å². The lowest BCUT2D eigenvalue weighted by molar-refractivity contribution is -0.134. The average molecular weight is 434 g/mol. The van der Waals surface area contributed by atoms with E-state index in [0.717, 1.165) is 22.3 Å². The number of anilines is 1. The van der Waals surface area contributed by atoms with Crippen molar-refractivity contribution in [3.63, 3.8) is 0 Å². The number of aliphatic hydroxyl groups is 1. The van der Waals surface area contributed by atoms with Gasteiger partial charge >= 0.3 is 0 Å². The Kier molecular flexibility index (Phi) is 6.51. The van der Waals surface area contributed by atoms with Gasteiger partial charge in [0.2, 0.25) is 5.91 Å². The lowest BCUT2D eigenvalue weighted by Gasteiger charge is -2.37. The lowest BCUT2D eigenvalue weighted by atomic mass is 10.1. The van der Waals surface area contributed by atoms with Crippen molar-refractivity contribution in [3.05, 3.63) is 66.4 Å². The molecule has 1 aliphatic heterocycles. The molecule has 4 rings (SSSR count). The van der Waals surface area contributed by atoms with Gasteiger partial charge in [-0.05, 0) is 24.3 Å². The third kappa shape index (κ3) is 4.50. The zero-order valence-corrected chi connectivity index (χ0v) is 17.9. The molecule has 3 aromatic rings. The number of amides is 2. The molecule has 2 aromatic carbocycles. The van der Waals surface area contributed by atoms with E-state index in [2.05, 4.69) is 15.2 Å². The van der Waals surface area contributed by atoms with Crippen molar-refractivity contribution in [2.24, 2.45) is 0 Å². The van der Waals surface area contributed by atoms with Gasteiger partial charge in [0, 0.05) is 37.8 Å². The molecule has 32 heavy (non-hydrogen) atoms. The van der Waals surface area contributed by atoms with E-state index < -0.39 is 18.6 Å². The van der Waals surface area contributed by atoms with E-state index in [0.29, 0.717) is 31.7 Å². The molecule has 8 nitrogen and oxygen atoms in total. The third-order valence-electron chi connectivity index (χ3n) is 5.66. The van der Waals surface area contributed by atoms with Gasteiger partial charge in [0.15, 0.2) is 0 Å². The second kappa shape index (κ2) is 9.65. The predicted molar refractivity (Wildman–Crippen MR) is 122 cm³/mol. The van der Waals surface area contributed by atoms with Crippen molar-refractivity contribution < 1.29 is 19.4 Å². The van der Waals surface area contributed by atoms with E-state index in [9.17, 15) is 14.7 Å². The number of carbonyl (C=O) groups is 2. The molecule has 1 aromatic heterocycles. The summed E-state index contributed by atoms with van der Waals surface area (Å²) in [6, 6.07) is 16.0. The summed E-state index contributed by atoms with van der Waals surface area (Å²) in [5, 5.41) is 13.3. The van der Waals surface area contributed by atoms with Crippen LogP contribution in [-0.2, 0) is 4.79 Å². The van der Waals surface area contributed by atoms with Crippen LogP contribution in [0.1, 0.15) is 10.4 Å². The monoisotopic (exact) mass is 434 g/mol. The van der Waals surface area contributed by atoms with Crippen molar-refractivity contribution in [3.8, 4) is 5.75 Å². The highest BCUT2D eigenvalue weighted by atomic mass is 16.5. The standard InChI is InChI=1S/C24H26N4O4/c1-32-22-9-5-4-8-21(22)27-10-12-28(13-11-27)24(31)20(16-29)26-23(30)18-14-17-6-2-3-7-19(17)25-15-18/h2-9,14-15,20,29H,10-13,16H2,1H3,(H,26,30)/t20-/m0/s1. The highest BCUT2D eigenvalue weighted by molar-refractivity contribution is 5.99. The first-order valence-corrected chi connectivity index (χ1v) is 10.5. The number of pyridine rings is 1. The largest absolute Gasteiger partial charge is 0.495 e. The van der Waals surface area contributed by atoms with Crippen molar-refractivity contribution in [1.29, 1.82) is 0 Å². The van der Waals surface area contributed by atoms with Crippen molar-refractivity contribution >= 4 is 28.4 Å². The Morgan fingerprint density at radius 3 is 2.56 bits per heavy atom. The number of benzene rings is 2. The maximum absolute atomic E-state index is 13.0. The van der Waals surface area contributed by atoms with Gasteiger partial charge in [-0.2, -0.15) is 0 Å². The summed E-state index contributed by atoms with van der Waals surface area (Å²) < 4.78 is 5.43. The number of hydrogen-bond acceptors (Lipinski definition) is 6. The van der Waals surface area contributed by atoms with E-state index in [1.165, 1.54) is 6.20 Å². The van der Waals surface area contributed by atoms with Gasteiger partial charge in [0.25, 0.3) is 5.91 Å². The van der Waals surface area contributed by atoms with E-state index in [-0.39, 0.29) is 5.91 Å². The Morgan fingerprint density at radius 2 is 1.81 bits per heavy atom. The molecule has 2 heterocycles. The number of para-hydroxylation sites is 3. The first-order chi connectivity index (χ1) is 15.6. The average Bonchev–Trinajstić information content (AvgIpc) is 2.86. The normalized spacial score (nSPS) is 14.8. The van der Waals surface area contributed by atoms with Crippen LogP contribution in [0.3, 0.4) is 0 Å². The summed E-state index contributed by atoms with van der Waals surface area (Å²) in [5.41, 5.74) is 2.11. The molecule has 0 radical (unpaired) electrons. The molecule has 1 saturated heterocycles. The first-order valence-electron chi connectivity index (χ1n) is 10.5. The van der Waals surface area contributed by atoms with Crippen LogP contribution in [0.25, 0.3) is 10.9 Å². The summed E-state index contributed by atoms with van der Waals surface area (Å²) in [5.74, 6) is 0.0503. The van der Waals surface area contributed by atoms with Gasteiger partial charge in [-0.3, -0.25) is 14.6 Å². The molecule has 0 bridgehead atoms. The fraction of sp³-hybridized carbons (Fsp3) is 0.292. The number of nitrogens with zero attached hydrogens (tertiary/aromatic N) is 3. The van der Waals surface area contributed by atoms with Crippen LogP contribution in [0.15, 0.2) is 60.8 Å². The van der Waals surface area contributed by atoms with E-state index in [4.69, 9.17) is 4.74 Å². The quantitative estimate of drug-likeness (QED) is 0.613. The Hall–Kier alpha value is -3.65. The number of aliphatic hydroxyl groups excluding tert-OH is 1. The molecule has 8 heteroatoms. The second-order valence-corrected chi connectivity index (χ2v) is 7.61. The molecule has 0 unspecified atom stereocenters. The summed E-state index contributed by atoms with van der Waals surface area (Å²) in [6.07, 6.45) is 1.47. The number of nitrogens with one attached hydrogen (secondary N) is 1. The van der Waals surface area contributed by atoms with Crippen LogP contribution < -0.4 is 15.0 Å². The number of hydrogen-bond donors (Lipinski definition) is 2. The summed E-state index contributed by atoms with van der Waals surface area (Å²) in [6.45, 7) is 1.76. The fourth-order valence-electron chi connectivity index (χ4n) is 3.90. The summed E-state index contributed by atoms with van der Waals surface area (Å²) >= 11 is 0.